The van der Waals surface area contributed by atoms with Gasteiger partial charge >= 0.3 is 7.82 Å². The molecule has 0 radical (unpaired) electrons. The van der Waals surface area contributed by atoms with Crippen LogP contribution in [-0.4, -0.2) is 20.5 Å². The number of hydrogen-bond acceptors (Lipinski definition) is 5. The molecule has 27 heavy (non-hydrogen) atoms. The fraction of sp³-hybridized carbons (Fsp3) is 0.381. The maximum Gasteiger partial charge on any atom is 0.529 e. The third-order valence-corrected chi connectivity index (χ3v) is 5.72. The Labute approximate surface area is 161 Å². The van der Waals surface area contributed by atoms with Crippen LogP contribution in [0.2, 0.25) is 0 Å². The Hall–Kier alpha value is -1.94. The van der Waals surface area contributed by atoms with Gasteiger partial charge in [0, 0.05) is 19.8 Å². The minimum Gasteiger partial charge on any atom is -0.403 e. The van der Waals surface area contributed by atoms with E-state index >= 15 is 0 Å². The summed E-state index contributed by atoms with van der Waals surface area (Å²) in [6, 6.07) is 11.5. The molecule has 0 aliphatic carbocycles. The zero-order valence-corrected chi connectivity index (χ0v) is 17.6. The molecule has 2 aromatic carbocycles. The van der Waals surface area contributed by atoms with E-state index in [1.54, 1.807) is 12.1 Å². The van der Waals surface area contributed by atoms with Gasteiger partial charge in [-0.05, 0) is 46.2 Å². The summed E-state index contributed by atoms with van der Waals surface area (Å²) in [5, 5.41) is 0. The first kappa shape index (κ1) is 21.4. The topological polar surface area (TPSA) is 61.8 Å². The van der Waals surface area contributed by atoms with Crippen molar-refractivity contribution in [2.24, 2.45) is 0 Å². The van der Waals surface area contributed by atoms with Gasteiger partial charge in [0.1, 0.15) is 12.0 Å². The molecule has 0 atom stereocenters. The fourth-order valence-electron chi connectivity index (χ4n) is 2.82. The minimum absolute atomic E-state index is 0.133. The molecule has 0 saturated carbocycles. The van der Waals surface area contributed by atoms with E-state index in [1.807, 2.05) is 24.3 Å². The lowest BCUT2D eigenvalue weighted by molar-refractivity contribution is 0.112. The van der Waals surface area contributed by atoms with Gasteiger partial charge in [-0.3, -0.25) is 13.8 Å². The largest absolute Gasteiger partial charge is 0.529 e. The highest BCUT2D eigenvalue weighted by atomic mass is 31.2. The highest BCUT2D eigenvalue weighted by Crippen LogP contribution is 2.52. The molecule has 5 nitrogen and oxygen atoms in total. The van der Waals surface area contributed by atoms with Gasteiger partial charge in [-0.2, -0.15) is 0 Å². The standard InChI is InChI=1S/C21H27O5P/c1-14(2)19-11-18(17-9-7-16(13-22)8-10-17)12-20(15(3)4)21(19)26-27(23,24-5)25-6/h7-15H,1-6H3. The molecule has 2 rings (SSSR count). The van der Waals surface area contributed by atoms with Gasteiger partial charge in [0.25, 0.3) is 0 Å². The highest BCUT2D eigenvalue weighted by molar-refractivity contribution is 7.48. The summed E-state index contributed by atoms with van der Waals surface area (Å²) < 4.78 is 28.3. The maximum atomic E-state index is 12.6. The zero-order chi connectivity index (χ0) is 20.2. The predicted octanol–water partition coefficient (Wildman–Crippen LogP) is 6.19. The van der Waals surface area contributed by atoms with Crippen molar-refractivity contribution in [3.05, 3.63) is 53.1 Å². The number of hydrogen-bond donors (Lipinski definition) is 0. The van der Waals surface area contributed by atoms with E-state index in [0.29, 0.717) is 11.3 Å². The first-order valence-electron chi connectivity index (χ1n) is 8.89. The lowest BCUT2D eigenvalue weighted by Gasteiger charge is -2.24. The van der Waals surface area contributed by atoms with Crippen LogP contribution >= 0.6 is 7.82 Å². The molecule has 6 heteroatoms. The monoisotopic (exact) mass is 390 g/mol. The second kappa shape index (κ2) is 8.83. The van der Waals surface area contributed by atoms with Crippen LogP contribution < -0.4 is 4.52 Å². The number of phosphoric acid groups is 1. The molecule has 146 valence electrons. The van der Waals surface area contributed by atoms with Crippen LogP contribution in [0.15, 0.2) is 36.4 Å². The molecule has 0 aliphatic rings. The van der Waals surface area contributed by atoms with Gasteiger partial charge < -0.3 is 4.52 Å². The Bertz CT molecular complexity index is 803. The van der Waals surface area contributed by atoms with Crippen LogP contribution in [0, 0.1) is 0 Å². The van der Waals surface area contributed by atoms with Gasteiger partial charge in [0.15, 0.2) is 0 Å². The number of carbonyl (C=O) groups is 1. The molecular formula is C21H27O5P. The molecule has 0 saturated heterocycles. The van der Waals surface area contributed by atoms with Crippen LogP contribution in [0.3, 0.4) is 0 Å². The number of phosphoric ester groups is 1. The van der Waals surface area contributed by atoms with Crippen molar-refractivity contribution in [2.75, 3.05) is 14.2 Å². The summed E-state index contributed by atoms with van der Waals surface area (Å²) in [6.45, 7) is 8.21. The van der Waals surface area contributed by atoms with E-state index in [9.17, 15) is 9.36 Å². The van der Waals surface area contributed by atoms with Gasteiger partial charge in [-0.25, -0.2) is 4.57 Å². The number of rotatable bonds is 8. The molecular weight excluding hydrogens is 363 g/mol. The summed E-state index contributed by atoms with van der Waals surface area (Å²) in [7, 11) is -1.07. The van der Waals surface area contributed by atoms with E-state index in [0.717, 1.165) is 28.5 Å². The van der Waals surface area contributed by atoms with Gasteiger partial charge in [-0.1, -0.05) is 52.0 Å². The van der Waals surface area contributed by atoms with E-state index < -0.39 is 7.82 Å². The van der Waals surface area contributed by atoms with Crippen LogP contribution in [0.5, 0.6) is 5.75 Å². The first-order chi connectivity index (χ1) is 12.7. The normalized spacial score (nSPS) is 11.9. The summed E-state index contributed by atoms with van der Waals surface area (Å²) in [4.78, 5) is 10.9. The van der Waals surface area contributed by atoms with Crippen molar-refractivity contribution >= 4 is 14.1 Å². The first-order valence-corrected chi connectivity index (χ1v) is 10.3. The molecule has 0 aromatic heterocycles. The second-order valence-electron chi connectivity index (χ2n) is 6.94. The lowest BCUT2D eigenvalue weighted by atomic mass is 9.89. The molecule has 0 bridgehead atoms. The molecule has 0 unspecified atom stereocenters. The quantitative estimate of drug-likeness (QED) is 0.397. The Morgan fingerprint density at radius 3 is 1.70 bits per heavy atom. The summed E-state index contributed by atoms with van der Waals surface area (Å²) in [5.41, 5.74) is 4.48. The average Bonchev–Trinajstić information content (AvgIpc) is 2.67. The number of carbonyl (C=O) groups excluding carboxylic acids is 1. The van der Waals surface area contributed by atoms with Crippen molar-refractivity contribution in [2.45, 2.75) is 39.5 Å². The number of benzene rings is 2. The summed E-state index contributed by atoms with van der Waals surface area (Å²) in [5.74, 6) is 0.808. The van der Waals surface area contributed by atoms with Crippen LogP contribution in [0.25, 0.3) is 11.1 Å². The fourth-order valence-corrected chi connectivity index (χ4v) is 3.55. The number of aldehydes is 1. The maximum absolute atomic E-state index is 12.6. The van der Waals surface area contributed by atoms with Crippen molar-refractivity contribution in [3.8, 4) is 16.9 Å². The van der Waals surface area contributed by atoms with Gasteiger partial charge in [0.05, 0.1) is 0 Å². The zero-order valence-electron chi connectivity index (χ0n) is 16.7. The van der Waals surface area contributed by atoms with Gasteiger partial charge in [0.2, 0.25) is 0 Å². The molecule has 0 N–H and O–H groups in total. The van der Waals surface area contributed by atoms with E-state index in [1.165, 1.54) is 14.2 Å². The molecule has 2 aromatic rings. The Balaban J connectivity index is 2.66. The van der Waals surface area contributed by atoms with E-state index in [-0.39, 0.29) is 11.8 Å². The Morgan fingerprint density at radius 1 is 0.852 bits per heavy atom. The molecule has 0 heterocycles. The summed E-state index contributed by atoms with van der Waals surface area (Å²) >= 11 is 0. The smallest absolute Gasteiger partial charge is 0.403 e. The minimum atomic E-state index is -3.67. The molecule has 0 fully saturated rings. The third-order valence-electron chi connectivity index (χ3n) is 4.42. The van der Waals surface area contributed by atoms with Crippen molar-refractivity contribution < 1.29 is 22.9 Å². The van der Waals surface area contributed by atoms with Crippen LogP contribution in [0.1, 0.15) is 61.0 Å². The molecule has 0 spiro atoms. The van der Waals surface area contributed by atoms with Gasteiger partial charge in [-0.15, -0.1) is 0 Å². The predicted molar refractivity (Wildman–Crippen MR) is 108 cm³/mol. The average molecular weight is 390 g/mol. The van der Waals surface area contributed by atoms with Crippen molar-refractivity contribution in [1.29, 1.82) is 0 Å². The summed E-state index contributed by atoms with van der Waals surface area (Å²) in [6.07, 6.45) is 0.826. The highest BCUT2D eigenvalue weighted by Gasteiger charge is 2.29. The van der Waals surface area contributed by atoms with E-state index in [2.05, 4.69) is 27.7 Å². The van der Waals surface area contributed by atoms with Crippen LogP contribution in [0.4, 0.5) is 0 Å². The molecule has 0 amide bonds. The van der Waals surface area contributed by atoms with E-state index in [4.69, 9.17) is 13.6 Å². The Morgan fingerprint density at radius 2 is 1.33 bits per heavy atom. The second-order valence-corrected chi connectivity index (χ2v) is 8.74. The third kappa shape index (κ3) is 4.86. The lowest BCUT2D eigenvalue weighted by Crippen LogP contribution is -2.05. The van der Waals surface area contributed by atoms with Crippen molar-refractivity contribution in [1.82, 2.24) is 0 Å². The van der Waals surface area contributed by atoms with Crippen LogP contribution in [-0.2, 0) is 13.6 Å². The SMILES string of the molecule is COP(=O)(OC)Oc1c(C(C)C)cc(-c2ccc(C=O)cc2)cc1C(C)C. The molecule has 0 aliphatic heterocycles. The van der Waals surface area contributed by atoms with Crippen molar-refractivity contribution in [3.63, 3.8) is 0 Å². The Kier molecular flexibility index (Phi) is 6.99.